The van der Waals surface area contributed by atoms with Crippen LogP contribution in [-0.4, -0.2) is 11.9 Å². The van der Waals surface area contributed by atoms with Gasteiger partial charge in [-0.05, 0) is 75.7 Å². The van der Waals surface area contributed by atoms with Crippen LogP contribution >= 0.6 is 0 Å². The number of amides is 1. The fourth-order valence-electron chi connectivity index (χ4n) is 5.25. The highest BCUT2D eigenvalue weighted by molar-refractivity contribution is 5.95. The smallest absolute Gasteiger partial charge is 0.255 e. The molecule has 0 aromatic carbocycles. The van der Waals surface area contributed by atoms with Crippen LogP contribution in [0.3, 0.4) is 0 Å². The van der Waals surface area contributed by atoms with Crippen molar-refractivity contribution >= 4 is 5.91 Å². The molecular formula is C17H23NO2. The van der Waals surface area contributed by atoms with Crippen LogP contribution in [-0.2, 0) is 0 Å². The molecule has 0 spiro atoms. The van der Waals surface area contributed by atoms with Gasteiger partial charge >= 0.3 is 0 Å². The maximum Gasteiger partial charge on any atom is 0.255 e. The molecule has 1 aromatic rings. The predicted molar refractivity (Wildman–Crippen MR) is 76.5 cm³/mol. The lowest BCUT2D eigenvalue weighted by atomic mass is 9.54. The standard InChI is InChI=1S/C17H23NO2/c1-9-3-15(10(2)20-9)17(19)18-16-13-5-11-4-12(7-13)8-14(16)6-11/h3,11-14,16H,4-8H2,1-2H3,(H,18,19). The van der Waals surface area contributed by atoms with Crippen LogP contribution in [0.5, 0.6) is 0 Å². The SMILES string of the molecule is Cc1cc(C(=O)NC2C3CC4CC(C3)CC2C4)c(C)o1. The third-order valence-corrected chi connectivity index (χ3v) is 5.81. The van der Waals surface area contributed by atoms with Crippen LogP contribution in [0.1, 0.15) is 54.0 Å². The molecule has 5 rings (SSSR count). The molecule has 1 aromatic heterocycles. The summed E-state index contributed by atoms with van der Waals surface area (Å²) in [5, 5.41) is 3.33. The molecule has 0 aliphatic heterocycles. The first-order valence-electron chi connectivity index (χ1n) is 7.98. The van der Waals surface area contributed by atoms with Gasteiger partial charge in [0.2, 0.25) is 0 Å². The highest BCUT2D eigenvalue weighted by Crippen LogP contribution is 2.53. The largest absolute Gasteiger partial charge is 0.466 e. The Morgan fingerprint density at radius 3 is 2.20 bits per heavy atom. The average molecular weight is 273 g/mol. The number of hydrogen-bond donors (Lipinski definition) is 1. The molecule has 0 radical (unpaired) electrons. The van der Waals surface area contributed by atoms with Crippen molar-refractivity contribution in [3.05, 3.63) is 23.2 Å². The van der Waals surface area contributed by atoms with E-state index in [2.05, 4.69) is 5.32 Å². The number of carbonyl (C=O) groups is 1. The van der Waals surface area contributed by atoms with Crippen molar-refractivity contribution in [2.75, 3.05) is 0 Å². The second-order valence-corrected chi connectivity index (χ2v) is 7.26. The van der Waals surface area contributed by atoms with Gasteiger partial charge in [0.1, 0.15) is 11.5 Å². The van der Waals surface area contributed by atoms with E-state index in [9.17, 15) is 4.79 Å². The van der Waals surface area contributed by atoms with Crippen molar-refractivity contribution in [1.82, 2.24) is 5.32 Å². The molecule has 4 saturated carbocycles. The third kappa shape index (κ3) is 1.90. The molecule has 3 nitrogen and oxygen atoms in total. The van der Waals surface area contributed by atoms with Gasteiger partial charge in [0.05, 0.1) is 5.56 Å². The number of carbonyl (C=O) groups excluding carboxylic acids is 1. The van der Waals surface area contributed by atoms with Crippen molar-refractivity contribution in [1.29, 1.82) is 0 Å². The first kappa shape index (κ1) is 12.5. The van der Waals surface area contributed by atoms with E-state index >= 15 is 0 Å². The van der Waals surface area contributed by atoms with Gasteiger partial charge in [0, 0.05) is 6.04 Å². The fourth-order valence-corrected chi connectivity index (χ4v) is 5.25. The lowest BCUT2D eigenvalue weighted by molar-refractivity contribution is -0.0119. The summed E-state index contributed by atoms with van der Waals surface area (Å²) in [7, 11) is 0. The summed E-state index contributed by atoms with van der Waals surface area (Å²) in [6.07, 6.45) is 6.79. The van der Waals surface area contributed by atoms with E-state index < -0.39 is 0 Å². The molecule has 1 amide bonds. The molecular weight excluding hydrogens is 250 g/mol. The lowest BCUT2D eigenvalue weighted by Crippen LogP contribution is -2.55. The van der Waals surface area contributed by atoms with Crippen molar-refractivity contribution in [2.45, 2.75) is 52.0 Å². The number of furan rings is 1. The molecule has 1 N–H and O–H groups in total. The lowest BCUT2D eigenvalue weighted by Gasteiger charge is -2.54. The molecule has 3 heteroatoms. The van der Waals surface area contributed by atoms with Crippen LogP contribution in [0, 0.1) is 37.5 Å². The summed E-state index contributed by atoms with van der Waals surface area (Å²) in [5.74, 6) is 4.97. The molecule has 4 bridgehead atoms. The van der Waals surface area contributed by atoms with Gasteiger partial charge in [0.15, 0.2) is 0 Å². The Kier molecular flexibility index (Phi) is 2.73. The Morgan fingerprint density at radius 1 is 1.10 bits per heavy atom. The molecule has 4 aliphatic carbocycles. The molecule has 4 fully saturated rings. The molecule has 20 heavy (non-hydrogen) atoms. The van der Waals surface area contributed by atoms with Gasteiger partial charge in [-0.3, -0.25) is 4.79 Å². The minimum Gasteiger partial charge on any atom is -0.466 e. The molecule has 1 heterocycles. The predicted octanol–water partition coefficient (Wildman–Crippen LogP) is 3.45. The van der Waals surface area contributed by atoms with Gasteiger partial charge < -0.3 is 9.73 Å². The van der Waals surface area contributed by atoms with E-state index in [0.29, 0.717) is 6.04 Å². The summed E-state index contributed by atoms with van der Waals surface area (Å²) >= 11 is 0. The number of aryl methyl sites for hydroxylation is 2. The van der Waals surface area contributed by atoms with Crippen molar-refractivity contribution in [3.8, 4) is 0 Å². The maximum absolute atomic E-state index is 12.5. The summed E-state index contributed by atoms with van der Waals surface area (Å²) in [4.78, 5) is 12.5. The average Bonchev–Trinajstić information content (AvgIpc) is 2.72. The first-order chi connectivity index (χ1) is 9.60. The van der Waals surface area contributed by atoms with Crippen molar-refractivity contribution < 1.29 is 9.21 Å². The highest BCUT2D eigenvalue weighted by atomic mass is 16.3. The number of rotatable bonds is 2. The van der Waals surface area contributed by atoms with Crippen LogP contribution in [0.2, 0.25) is 0 Å². The number of nitrogens with one attached hydrogen (secondary N) is 1. The zero-order chi connectivity index (χ0) is 13.9. The maximum atomic E-state index is 12.5. The minimum absolute atomic E-state index is 0.0665. The summed E-state index contributed by atoms with van der Waals surface area (Å²) in [6.45, 7) is 3.77. The van der Waals surface area contributed by atoms with Crippen molar-refractivity contribution in [3.63, 3.8) is 0 Å². The summed E-state index contributed by atoms with van der Waals surface area (Å²) in [5.41, 5.74) is 0.719. The Balaban J connectivity index is 1.52. The Bertz CT molecular complexity index is 517. The third-order valence-electron chi connectivity index (χ3n) is 5.81. The normalized spacial score (nSPS) is 38.2. The second-order valence-electron chi connectivity index (χ2n) is 7.26. The van der Waals surface area contributed by atoms with Gasteiger partial charge in [-0.1, -0.05) is 0 Å². The molecule has 0 saturated heterocycles. The van der Waals surface area contributed by atoms with Gasteiger partial charge in [0.25, 0.3) is 5.91 Å². The summed E-state index contributed by atoms with van der Waals surface area (Å²) < 4.78 is 5.48. The summed E-state index contributed by atoms with van der Waals surface area (Å²) in [6, 6.07) is 2.27. The van der Waals surface area contributed by atoms with E-state index in [-0.39, 0.29) is 5.91 Å². The number of hydrogen-bond acceptors (Lipinski definition) is 2. The Hall–Kier alpha value is -1.25. The Labute approximate surface area is 120 Å². The Morgan fingerprint density at radius 2 is 1.70 bits per heavy atom. The zero-order valence-electron chi connectivity index (χ0n) is 12.3. The monoisotopic (exact) mass is 273 g/mol. The van der Waals surface area contributed by atoms with E-state index in [1.165, 1.54) is 32.1 Å². The molecule has 108 valence electrons. The fraction of sp³-hybridized carbons (Fsp3) is 0.706. The van der Waals surface area contributed by atoms with Crippen LogP contribution < -0.4 is 5.32 Å². The van der Waals surface area contributed by atoms with Gasteiger partial charge in [-0.25, -0.2) is 0 Å². The quantitative estimate of drug-likeness (QED) is 0.896. The highest BCUT2D eigenvalue weighted by Gasteiger charge is 2.48. The van der Waals surface area contributed by atoms with Crippen LogP contribution in [0.15, 0.2) is 10.5 Å². The van der Waals surface area contributed by atoms with E-state index in [4.69, 9.17) is 4.42 Å². The van der Waals surface area contributed by atoms with E-state index in [1.54, 1.807) is 0 Å². The van der Waals surface area contributed by atoms with Crippen LogP contribution in [0.4, 0.5) is 0 Å². The van der Waals surface area contributed by atoms with Gasteiger partial charge in [-0.2, -0.15) is 0 Å². The van der Waals surface area contributed by atoms with Crippen molar-refractivity contribution in [2.24, 2.45) is 23.7 Å². The second kappa shape index (κ2) is 4.37. The van der Waals surface area contributed by atoms with Gasteiger partial charge in [-0.15, -0.1) is 0 Å². The minimum atomic E-state index is 0.0665. The molecule has 4 aliphatic rings. The zero-order valence-corrected chi connectivity index (χ0v) is 12.3. The topological polar surface area (TPSA) is 42.2 Å². The molecule has 0 unspecified atom stereocenters. The van der Waals surface area contributed by atoms with Crippen LogP contribution in [0.25, 0.3) is 0 Å². The molecule has 0 atom stereocenters. The van der Waals surface area contributed by atoms with E-state index in [0.717, 1.165) is 40.8 Å². The van der Waals surface area contributed by atoms with E-state index in [1.807, 2.05) is 19.9 Å². The first-order valence-corrected chi connectivity index (χ1v) is 7.98.